The van der Waals surface area contributed by atoms with Gasteiger partial charge in [0.2, 0.25) is 10.4 Å². The van der Waals surface area contributed by atoms with E-state index in [1.807, 2.05) is 0 Å². The fraction of sp³-hybridized carbons (Fsp3) is 0.952. The summed E-state index contributed by atoms with van der Waals surface area (Å²) in [5.74, 6) is -0.859. The van der Waals surface area contributed by atoms with Gasteiger partial charge in [-0.3, -0.25) is 13.7 Å². The van der Waals surface area contributed by atoms with Crippen LogP contribution in [0.1, 0.15) is 13.8 Å². The maximum absolute atomic E-state index is 12.1. The van der Waals surface area contributed by atoms with Crippen molar-refractivity contribution in [2.24, 2.45) is 4.99 Å². The van der Waals surface area contributed by atoms with Crippen molar-refractivity contribution < 1.29 is 158 Å². The van der Waals surface area contributed by atoms with Crippen molar-refractivity contribution in [3.8, 4) is 0 Å². The molecule has 0 unspecified atom stereocenters. The van der Waals surface area contributed by atoms with Gasteiger partial charge in [-0.1, -0.05) is 0 Å². The molecule has 0 bridgehead atoms. The van der Waals surface area contributed by atoms with Gasteiger partial charge in [-0.25, -0.2) is 12.6 Å². The summed E-state index contributed by atoms with van der Waals surface area (Å²) >= 11 is 0. The Morgan fingerprint density at radius 2 is 1.36 bits per heavy atom. The molecule has 26 heteroatoms. The second-order valence-electron chi connectivity index (χ2n) is 10.2. The van der Waals surface area contributed by atoms with E-state index in [1.54, 1.807) is 0 Å². The minimum Gasteiger partial charge on any atom is -0.862 e. The van der Waals surface area contributed by atoms with Crippen LogP contribution in [0.25, 0.3) is 0 Å². The molecular formula is C21H35NNa2O21S2. The summed E-state index contributed by atoms with van der Waals surface area (Å²) in [5, 5.41) is 73.9. The zero-order chi connectivity index (χ0) is 34.0. The smallest absolute Gasteiger partial charge is 0.862 e. The van der Waals surface area contributed by atoms with Crippen LogP contribution in [-0.4, -0.2) is 175 Å². The molecule has 0 amide bonds. The summed E-state index contributed by atoms with van der Waals surface area (Å²) in [6.45, 7) is 0.122. The predicted octanol–water partition coefficient (Wildman–Crippen LogP) is -12.8. The standard InChI is InChI=1S/C21H37NO21S2.2Na/c1-6-11(25)13(27)14(28)20(38-6)42-17-10(22-7(2)24)19(36-3)40-9(5-37-44(30,31)32)16(17)41-21-15(29)18(43-45(33,34)35)12(26)8(4-23)39-21;;/h6,8-21,23,25-29H,4-5H2,1-3H3,(H,22,24)(H,30,31,32)(H,33,34,35);;/q;2*+1/p-2/t6-,8+,9+,10+,11+,12-,13+,14-,15+,16+,17+,18-,19+,20-,21-;;/m0../s1. The number of aliphatic hydroxyl groups is 6. The van der Waals surface area contributed by atoms with E-state index in [-0.39, 0.29) is 59.1 Å². The largest absolute Gasteiger partial charge is 1.00 e. The van der Waals surface area contributed by atoms with Crippen molar-refractivity contribution in [1.82, 2.24) is 0 Å². The summed E-state index contributed by atoms with van der Waals surface area (Å²) in [6, 6.07) is -1.60. The van der Waals surface area contributed by atoms with E-state index in [4.69, 9.17) is 33.0 Å². The van der Waals surface area contributed by atoms with Gasteiger partial charge in [0.1, 0.15) is 67.1 Å². The first-order valence-corrected chi connectivity index (χ1v) is 15.8. The van der Waals surface area contributed by atoms with E-state index in [0.717, 1.165) is 14.0 Å². The number of methoxy groups -OCH3 is 1. The first-order chi connectivity index (χ1) is 20.8. The second-order valence-corrected chi connectivity index (χ2v) is 12.3. The molecule has 264 valence electrons. The predicted molar refractivity (Wildman–Crippen MR) is 134 cm³/mol. The molecule has 0 aliphatic carbocycles. The number of aliphatic hydroxyl groups excluding tert-OH is 6. The third-order valence-electron chi connectivity index (χ3n) is 7.00. The Kier molecular flexibility index (Phi) is 18.5. The monoisotopic (exact) mass is 747 g/mol. The first kappa shape index (κ1) is 45.8. The van der Waals surface area contributed by atoms with Gasteiger partial charge < -0.3 is 68.7 Å². The Labute approximate surface area is 313 Å². The summed E-state index contributed by atoms with van der Waals surface area (Å²) in [6.07, 6.45) is -26.0. The summed E-state index contributed by atoms with van der Waals surface area (Å²) < 4.78 is 108. The minimum absolute atomic E-state index is 0. The number of ether oxygens (including phenoxy) is 6. The van der Waals surface area contributed by atoms with Gasteiger partial charge in [-0.05, 0) is 19.7 Å². The normalized spacial score (nSPS) is 41.9. The SMILES string of the molecule is CO[C@@H]1O[C@H](COS(=O)(=O)[O-])[C@@H](O[C@@H]2O[C@H](CO)[C@H](O)[C@H](OS(=O)(=O)O)[C@H]2O)[C@H](O[C@@H]2O[C@@H](C)[C@@H](O)[C@@H](O)[C@@H]2O)[C@H]1N=C(C)[O-].[Na+].[Na+]. The molecule has 0 spiro atoms. The molecule has 3 aliphatic heterocycles. The number of rotatable bonds is 12. The second kappa shape index (κ2) is 19.0. The summed E-state index contributed by atoms with van der Waals surface area (Å²) in [4.78, 5) is 3.84. The third-order valence-corrected chi connectivity index (χ3v) is 7.89. The zero-order valence-corrected chi connectivity index (χ0v) is 31.3. The molecule has 47 heavy (non-hydrogen) atoms. The number of hydrogen-bond acceptors (Lipinski definition) is 21. The molecule has 0 aromatic carbocycles. The van der Waals surface area contributed by atoms with Crippen LogP contribution >= 0.6 is 0 Å². The molecule has 0 radical (unpaired) electrons. The molecule has 3 heterocycles. The minimum atomic E-state index is -5.40. The fourth-order valence-electron chi connectivity index (χ4n) is 4.89. The van der Waals surface area contributed by atoms with Crippen LogP contribution < -0.4 is 64.2 Å². The van der Waals surface area contributed by atoms with Crippen molar-refractivity contribution in [3.05, 3.63) is 0 Å². The zero-order valence-electron chi connectivity index (χ0n) is 25.7. The topological polar surface area (TPSA) is 342 Å². The van der Waals surface area contributed by atoms with Gasteiger partial charge in [0.15, 0.2) is 18.9 Å². The maximum atomic E-state index is 12.1. The van der Waals surface area contributed by atoms with E-state index in [9.17, 15) is 57.1 Å². The van der Waals surface area contributed by atoms with Crippen molar-refractivity contribution in [2.45, 2.75) is 106 Å². The molecule has 15 atom stereocenters. The number of aliphatic imine (C=N–C) groups is 1. The molecule has 3 rings (SSSR count). The van der Waals surface area contributed by atoms with Crippen LogP contribution in [0.2, 0.25) is 0 Å². The average molecular weight is 748 g/mol. The van der Waals surface area contributed by atoms with E-state index < -0.39 is 132 Å². The molecule has 0 aromatic rings. The Morgan fingerprint density at radius 1 is 0.809 bits per heavy atom. The molecule has 7 N–H and O–H groups in total. The molecule has 0 aromatic heterocycles. The Hall–Kier alpha value is 0.730. The van der Waals surface area contributed by atoms with Crippen LogP contribution in [0, 0.1) is 0 Å². The van der Waals surface area contributed by atoms with Gasteiger partial charge >= 0.3 is 69.5 Å². The van der Waals surface area contributed by atoms with Crippen LogP contribution in [0.4, 0.5) is 0 Å². The fourth-order valence-corrected chi connectivity index (χ4v) is 5.70. The number of nitrogens with zero attached hydrogens (tertiary/aromatic N) is 1. The van der Waals surface area contributed by atoms with Crippen LogP contribution in [0.15, 0.2) is 4.99 Å². The van der Waals surface area contributed by atoms with Crippen molar-refractivity contribution >= 4 is 26.7 Å². The van der Waals surface area contributed by atoms with E-state index in [2.05, 4.69) is 13.4 Å². The van der Waals surface area contributed by atoms with Crippen molar-refractivity contribution in [1.29, 1.82) is 0 Å². The molecule has 3 aliphatic rings. The van der Waals surface area contributed by atoms with Crippen LogP contribution in [-0.2, 0) is 57.6 Å². The third kappa shape index (κ3) is 12.1. The molecular weight excluding hydrogens is 712 g/mol. The molecule has 0 saturated carbocycles. The van der Waals surface area contributed by atoms with Crippen LogP contribution in [0.5, 0.6) is 0 Å². The molecule has 3 fully saturated rings. The Balaban J connectivity index is 0.00000552. The average Bonchev–Trinajstić information content (AvgIpc) is 2.93. The summed E-state index contributed by atoms with van der Waals surface area (Å²) in [5.41, 5.74) is 0. The Morgan fingerprint density at radius 3 is 1.87 bits per heavy atom. The van der Waals surface area contributed by atoms with Crippen molar-refractivity contribution in [2.75, 3.05) is 20.3 Å². The molecule has 22 nitrogen and oxygen atoms in total. The van der Waals surface area contributed by atoms with Gasteiger partial charge in [0.25, 0.3) is 0 Å². The summed E-state index contributed by atoms with van der Waals surface area (Å²) in [7, 11) is -9.67. The van der Waals surface area contributed by atoms with Gasteiger partial charge in [-0.2, -0.15) is 8.42 Å². The number of hydrogen-bond donors (Lipinski definition) is 7. The van der Waals surface area contributed by atoms with E-state index in [1.165, 1.54) is 6.92 Å². The van der Waals surface area contributed by atoms with Gasteiger partial charge in [0.05, 0.1) is 19.3 Å². The Bertz CT molecular complexity index is 1230. The van der Waals surface area contributed by atoms with Gasteiger partial charge in [-0.15, -0.1) is 0 Å². The molecule has 3 saturated heterocycles. The maximum Gasteiger partial charge on any atom is 1.00 e. The van der Waals surface area contributed by atoms with Gasteiger partial charge in [0, 0.05) is 7.11 Å². The van der Waals surface area contributed by atoms with Crippen LogP contribution in [0.3, 0.4) is 0 Å². The quantitative estimate of drug-likeness (QED) is 0.0320. The van der Waals surface area contributed by atoms with E-state index in [0.29, 0.717) is 0 Å². The first-order valence-electron chi connectivity index (χ1n) is 13.1. The van der Waals surface area contributed by atoms with Crippen molar-refractivity contribution in [3.63, 3.8) is 0 Å². The van der Waals surface area contributed by atoms with E-state index >= 15 is 0 Å².